The molecule has 0 amide bonds. The van der Waals surface area contributed by atoms with Gasteiger partial charge >= 0.3 is 0 Å². The van der Waals surface area contributed by atoms with Crippen LogP contribution in [0.4, 0.5) is 0 Å². The van der Waals surface area contributed by atoms with E-state index in [1.165, 1.54) is 0 Å². The molecule has 3 rings (SSSR count). The minimum Gasteiger partial charge on any atom is -0.361 e. The third-order valence-corrected chi connectivity index (χ3v) is 4.73. The van der Waals surface area contributed by atoms with Gasteiger partial charge in [0, 0.05) is 11.5 Å². The van der Waals surface area contributed by atoms with E-state index in [4.69, 9.17) is 9.05 Å². The molecule has 7 nitrogen and oxygen atoms in total. The van der Waals surface area contributed by atoms with Crippen molar-refractivity contribution >= 4 is 9.84 Å². The fourth-order valence-electron chi connectivity index (χ4n) is 2.00. The molecule has 0 radical (unpaired) electrons. The summed E-state index contributed by atoms with van der Waals surface area (Å²) in [5.74, 6) is 1.26. The number of aryl methyl sites for hydroxylation is 2. The van der Waals surface area contributed by atoms with E-state index in [-0.39, 0.29) is 17.4 Å². The molecule has 0 unspecified atom stereocenters. The first-order valence-corrected chi connectivity index (χ1v) is 8.21. The number of hydrogen-bond acceptors (Lipinski definition) is 7. The first-order valence-electron chi connectivity index (χ1n) is 6.39. The van der Waals surface area contributed by atoms with Gasteiger partial charge in [0.2, 0.25) is 5.89 Å². The number of aromatic nitrogens is 3. The Morgan fingerprint density at radius 1 is 1.15 bits per heavy atom. The third-order valence-electron chi connectivity index (χ3n) is 3.32. The van der Waals surface area contributed by atoms with Gasteiger partial charge in [-0.1, -0.05) is 10.3 Å². The highest BCUT2D eigenvalue weighted by atomic mass is 32.2. The summed E-state index contributed by atoms with van der Waals surface area (Å²) in [4.78, 5) is 4.14. The first kappa shape index (κ1) is 13.3. The van der Waals surface area contributed by atoms with E-state index in [1.54, 1.807) is 13.8 Å². The quantitative estimate of drug-likeness (QED) is 0.827. The van der Waals surface area contributed by atoms with Gasteiger partial charge in [-0.05, 0) is 26.7 Å². The van der Waals surface area contributed by atoms with E-state index in [2.05, 4.69) is 15.3 Å². The van der Waals surface area contributed by atoms with Crippen molar-refractivity contribution in [2.75, 3.05) is 0 Å². The highest BCUT2D eigenvalue weighted by Crippen LogP contribution is 2.38. The van der Waals surface area contributed by atoms with Gasteiger partial charge < -0.3 is 9.05 Å². The zero-order valence-electron chi connectivity index (χ0n) is 11.3. The minimum absolute atomic E-state index is 0.130. The molecular weight excluding hydrogens is 282 g/mol. The van der Waals surface area contributed by atoms with Gasteiger partial charge in [-0.25, -0.2) is 8.42 Å². The Labute approximate surface area is 116 Å². The van der Waals surface area contributed by atoms with Crippen molar-refractivity contribution in [3.63, 3.8) is 0 Å². The Morgan fingerprint density at radius 2 is 1.90 bits per heavy atom. The molecule has 0 aliphatic heterocycles. The molecular formula is C12H15N3O4S. The van der Waals surface area contributed by atoms with Crippen LogP contribution in [-0.4, -0.2) is 23.7 Å². The van der Waals surface area contributed by atoms with Crippen LogP contribution < -0.4 is 0 Å². The summed E-state index contributed by atoms with van der Waals surface area (Å²) in [6.45, 7) is 3.42. The van der Waals surface area contributed by atoms with Crippen LogP contribution in [0.3, 0.4) is 0 Å². The second-order valence-corrected chi connectivity index (χ2v) is 7.22. The second kappa shape index (κ2) is 4.69. The van der Waals surface area contributed by atoms with Crippen LogP contribution in [0.25, 0.3) is 0 Å². The van der Waals surface area contributed by atoms with Crippen molar-refractivity contribution in [1.82, 2.24) is 15.3 Å². The van der Waals surface area contributed by atoms with Crippen LogP contribution in [0.2, 0.25) is 0 Å². The first-order chi connectivity index (χ1) is 9.44. The molecule has 8 heteroatoms. The average Bonchev–Trinajstić information content (AvgIpc) is 3.06. The van der Waals surface area contributed by atoms with Gasteiger partial charge in [-0.15, -0.1) is 0 Å². The lowest BCUT2D eigenvalue weighted by Crippen LogP contribution is -2.09. The van der Waals surface area contributed by atoms with E-state index in [0.717, 1.165) is 12.8 Å². The van der Waals surface area contributed by atoms with Gasteiger partial charge in [0.1, 0.15) is 11.5 Å². The van der Waals surface area contributed by atoms with Crippen LogP contribution in [0, 0.1) is 13.8 Å². The van der Waals surface area contributed by atoms with Gasteiger partial charge in [0.15, 0.2) is 15.7 Å². The Morgan fingerprint density at radius 3 is 2.50 bits per heavy atom. The van der Waals surface area contributed by atoms with Gasteiger partial charge in [-0.3, -0.25) is 0 Å². The molecule has 1 aliphatic rings. The SMILES string of the molecule is Cc1noc(C)c1CS(=O)(=O)Cc1nc(C2CC2)no1. The lowest BCUT2D eigenvalue weighted by molar-refractivity contribution is 0.382. The summed E-state index contributed by atoms with van der Waals surface area (Å²) in [6.07, 6.45) is 2.09. The summed E-state index contributed by atoms with van der Waals surface area (Å²) in [6, 6.07) is 0. The molecule has 0 atom stereocenters. The smallest absolute Gasteiger partial charge is 0.241 e. The van der Waals surface area contributed by atoms with Gasteiger partial charge in [-0.2, -0.15) is 4.98 Å². The maximum atomic E-state index is 12.2. The molecule has 2 heterocycles. The second-order valence-electron chi connectivity index (χ2n) is 5.16. The van der Waals surface area contributed by atoms with Crippen molar-refractivity contribution in [2.24, 2.45) is 0 Å². The predicted octanol–water partition coefficient (Wildman–Crippen LogP) is 1.67. The number of hydrogen-bond donors (Lipinski definition) is 0. The van der Waals surface area contributed by atoms with E-state index in [1.807, 2.05) is 0 Å². The Balaban J connectivity index is 1.74. The summed E-state index contributed by atoms with van der Waals surface area (Å²) >= 11 is 0. The normalized spacial score (nSPS) is 15.7. The topological polar surface area (TPSA) is 99.1 Å². The molecule has 2 aromatic heterocycles. The molecule has 0 aromatic carbocycles. The van der Waals surface area contributed by atoms with Crippen LogP contribution in [0.5, 0.6) is 0 Å². The Kier molecular flexibility index (Phi) is 3.12. The van der Waals surface area contributed by atoms with E-state index in [9.17, 15) is 8.42 Å². The van der Waals surface area contributed by atoms with Crippen LogP contribution in [-0.2, 0) is 21.3 Å². The molecule has 0 spiro atoms. The van der Waals surface area contributed by atoms with Gasteiger partial charge in [0.25, 0.3) is 0 Å². The Bertz CT molecular complexity index is 708. The molecule has 0 saturated heterocycles. The molecule has 1 fully saturated rings. The van der Waals surface area contributed by atoms with Crippen molar-refractivity contribution < 1.29 is 17.5 Å². The fourth-order valence-corrected chi connectivity index (χ4v) is 3.45. The summed E-state index contributed by atoms with van der Waals surface area (Å²) in [7, 11) is -3.39. The van der Waals surface area contributed by atoms with E-state index in [0.29, 0.717) is 28.8 Å². The van der Waals surface area contributed by atoms with Crippen molar-refractivity contribution in [3.05, 3.63) is 28.7 Å². The fraction of sp³-hybridized carbons (Fsp3) is 0.583. The molecule has 20 heavy (non-hydrogen) atoms. The average molecular weight is 297 g/mol. The molecule has 2 aromatic rings. The van der Waals surface area contributed by atoms with E-state index >= 15 is 0 Å². The molecule has 1 saturated carbocycles. The molecule has 0 bridgehead atoms. The maximum absolute atomic E-state index is 12.2. The highest BCUT2D eigenvalue weighted by Gasteiger charge is 2.30. The highest BCUT2D eigenvalue weighted by molar-refractivity contribution is 7.89. The van der Waals surface area contributed by atoms with Crippen molar-refractivity contribution in [2.45, 2.75) is 44.1 Å². The molecule has 108 valence electrons. The lowest BCUT2D eigenvalue weighted by atomic mass is 10.2. The third kappa shape index (κ3) is 2.74. The predicted molar refractivity (Wildman–Crippen MR) is 68.6 cm³/mol. The molecule has 0 N–H and O–H groups in total. The number of rotatable bonds is 5. The summed E-state index contributed by atoms with van der Waals surface area (Å²) < 4.78 is 34.3. The zero-order chi connectivity index (χ0) is 14.3. The van der Waals surface area contributed by atoms with Crippen LogP contribution >= 0.6 is 0 Å². The summed E-state index contributed by atoms with van der Waals surface area (Å²) in [5.41, 5.74) is 1.20. The minimum atomic E-state index is -3.39. The van der Waals surface area contributed by atoms with Crippen LogP contribution in [0.1, 0.15) is 47.5 Å². The van der Waals surface area contributed by atoms with Crippen LogP contribution in [0.15, 0.2) is 9.05 Å². The number of nitrogens with zero attached hydrogens (tertiary/aromatic N) is 3. The summed E-state index contributed by atoms with van der Waals surface area (Å²) in [5, 5.41) is 7.57. The van der Waals surface area contributed by atoms with Gasteiger partial charge in [0.05, 0.1) is 11.4 Å². The lowest BCUT2D eigenvalue weighted by Gasteiger charge is -2.00. The molecule has 1 aliphatic carbocycles. The zero-order valence-corrected chi connectivity index (χ0v) is 12.1. The van der Waals surface area contributed by atoms with Crippen molar-refractivity contribution in [3.8, 4) is 0 Å². The Hall–Kier alpha value is -1.70. The van der Waals surface area contributed by atoms with Crippen molar-refractivity contribution in [1.29, 1.82) is 0 Å². The maximum Gasteiger partial charge on any atom is 0.241 e. The monoisotopic (exact) mass is 297 g/mol. The standard InChI is InChI=1S/C12H15N3O4S/c1-7-10(8(2)18-14-7)5-20(16,17)6-11-13-12(15-19-11)9-3-4-9/h9H,3-6H2,1-2H3. The number of sulfone groups is 1. The van der Waals surface area contributed by atoms with E-state index < -0.39 is 9.84 Å². The largest absolute Gasteiger partial charge is 0.361 e.